The molecule has 3 unspecified atom stereocenters. The second kappa shape index (κ2) is 6.14. The third kappa shape index (κ3) is 3.41. The van der Waals surface area contributed by atoms with Crippen molar-refractivity contribution in [3.05, 3.63) is 0 Å². The second-order valence-electron chi connectivity index (χ2n) is 5.73. The van der Waals surface area contributed by atoms with E-state index in [0.29, 0.717) is 12.1 Å². The van der Waals surface area contributed by atoms with Gasteiger partial charge in [0, 0.05) is 25.7 Å². The van der Waals surface area contributed by atoms with Crippen molar-refractivity contribution in [3.63, 3.8) is 0 Å². The van der Waals surface area contributed by atoms with Crippen LogP contribution in [0.3, 0.4) is 0 Å². The predicted octanol–water partition coefficient (Wildman–Crippen LogP) is 0.247. The zero-order valence-electron chi connectivity index (χ0n) is 11.5. The molecule has 2 heterocycles. The third-order valence-corrected chi connectivity index (χ3v) is 4.08. The molecule has 4 nitrogen and oxygen atoms in total. The predicted molar refractivity (Wildman–Crippen MR) is 70.3 cm³/mol. The Kier molecular flexibility index (Phi) is 4.79. The van der Waals surface area contributed by atoms with Gasteiger partial charge in [-0.2, -0.15) is 0 Å². The molecule has 0 aliphatic carbocycles. The Bertz CT molecular complexity index is 229. The van der Waals surface area contributed by atoms with Crippen molar-refractivity contribution in [3.8, 4) is 0 Å². The van der Waals surface area contributed by atoms with Crippen LogP contribution in [0.1, 0.15) is 12.8 Å². The second-order valence-corrected chi connectivity index (χ2v) is 5.73. The van der Waals surface area contributed by atoms with Crippen LogP contribution in [0.5, 0.6) is 0 Å². The van der Waals surface area contributed by atoms with Gasteiger partial charge in [-0.3, -0.25) is 0 Å². The van der Waals surface area contributed by atoms with Crippen molar-refractivity contribution >= 4 is 0 Å². The van der Waals surface area contributed by atoms with Crippen LogP contribution in [0.4, 0.5) is 0 Å². The Morgan fingerprint density at radius 2 is 2.24 bits per heavy atom. The first-order chi connectivity index (χ1) is 8.18. The summed E-state index contributed by atoms with van der Waals surface area (Å²) >= 11 is 0. The normalized spacial score (nSPS) is 33.9. The fourth-order valence-electron chi connectivity index (χ4n) is 3.35. The van der Waals surface area contributed by atoms with E-state index in [1.807, 2.05) is 0 Å². The number of morpholine rings is 1. The summed E-state index contributed by atoms with van der Waals surface area (Å²) < 4.78 is 5.97. The Morgan fingerprint density at radius 3 is 2.82 bits per heavy atom. The van der Waals surface area contributed by atoms with Gasteiger partial charge in [-0.15, -0.1) is 0 Å². The molecule has 0 radical (unpaired) electrons. The lowest BCUT2D eigenvalue weighted by molar-refractivity contribution is -0.0478. The van der Waals surface area contributed by atoms with Crippen LogP contribution in [0.25, 0.3) is 0 Å². The van der Waals surface area contributed by atoms with Gasteiger partial charge in [0.2, 0.25) is 0 Å². The number of hydrogen-bond donors (Lipinski definition) is 1. The maximum absolute atomic E-state index is 5.97. The van der Waals surface area contributed by atoms with E-state index in [0.717, 1.165) is 25.6 Å². The molecule has 0 aromatic heterocycles. The molecule has 0 aromatic rings. The Labute approximate surface area is 105 Å². The highest BCUT2D eigenvalue weighted by molar-refractivity contribution is 4.89. The molecule has 2 fully saturated rings. The average molecular weight is 241 g/mol. The van der Waals surface area contributed by atoms with E-state index >= 15 is 0 Å². The van der Waals surface area contributed by atoms with Gasteiger partial charge in [0.1, 0.15) is 0 Å². The fourth-order valence-corrected chi connectivity index (χ4v) is 3.35. The fraction of sp³-hybridized carbons (Fsp3) is 1.00. The van der Waals surface area contributed by atoms with Gasteiger partial charge in [-0.05, 0) is 46.4 Å². The molecule has 0 saturated carbocycles. The van der Waals surface area contributed by atoms with E-state index in [1.165, 1.54) is 25.9 Å². The van der Waals surface area contributed by atoms with E-state index in [1.54, 1.807) is 0 Å². The van der Waals surface area contributed by atoms with Gasteiger partial charge < -0.3 is 19.9 Å². The number of nitrogens with one attached hydrogen (secondary N) is 1. The highest BCUT2D eigenvalue weighted by atomic mass is 16.5. The molecule has 0 bridgehead atoms. The molecule has 4 heteroatoms. The number of rotatable bonds is 3. The number of nitrogens with zero attached hydrogens (tertiary/aromatic N) is 2. The molecule has 1 N–H and O–H groups in total. The maximum atomic E-state index is 5.97. The standard InChI is InChI=1S/C13H27N3O/c1-15(2)13(12-9-14-6-8-17-12)11-5-4-7-16(3)10-11/h11-14H,4-10H2,1-3H3. The van der Waals surface area contributed by atoms with Gasteiger partial charge >= 0.3 is 0 Å². The van der Waals surface area contributed by atoms with Crippen LogP contribution in [0.2, 0.25) is 0 Å². The van der Waals surface area contributed by atoms with Crippen LogP contribution in [-0.4, -0.2) is 75.9 Å². The first-order valence-electron chi connectivity index (χ1n) is 6.86. The van der Waals surface area contributed by atoms with Crippen molar-refractivity contribution < 1.29 is 4.74 Å². The summed E-state index contributed by atoms with van der Waals surface area (Å²) in [6.07, 6.45) is 3.02. The molecule has 0 amide bonds. The summed E-state index contributed by atoms with van der Waals surface area (Å²) in [5, 5.41) is 3.46. The minimum absolute atomic E-state index is 0.357. The lowest BCUT2D eigenvalue weighted by Crippen LogP contribution is -2.56. The molecule has 2 rings (SSSR count). The van der Waals surface area contributed by atoms with Crippen molar-refractivity contribution in [2.75, 3.05) is 53.9 Å². The molecular formula is C13H27N3O. The summed E-state index contributed by atoms with van der Waals surface area (Å²) in [5.41, 5.74) is 0. The topological polar surface area (TPSA) is 27.7 Å². The molecule has 2 saturated heterocycles. The van der Waals surface area contributed by atoms with E-state index in [4.69, 9.17) is 4.74 Å². The zero-order valence-corrected chi connectivity index (χ0v) is 11.5. The van der Waals surface area contributed by atoms with Crippen LogP contribution in [0, 0.1) is 5.92 Å². The molecule has 100 valence electrons. The molecule has 0 aromatic carbocycles. The monoisotopic (exact) mass is 241 g/mol. The van der Waals surface area contributed by atoms with Crippen molar-refractivity contribution in [1.82, 2.24) is 15.1 Å². The lowest BCUT2D eigenvalue weighted by Gasteiger charge is -2.43. The highest BCUT2D eigenvalue weighted by Gasteiger charge is 2.34. The molecule has 0 spiro atoms. The van der Waals surface area contributed by atoms with Crippen molar-refractivity contribution in [2.24, 2.45) is 5.92 Å². The first-order valence-corrected chi connectivity index (χ1v) is 6.86. The molecule has 17 heavy (non-hydrogen) atoms. The summed E-state index contributed by atoms with van der Waals surface area (Å²) in [7, 11) is 6.62. The number of piperidine rings is 1. The Hall–Kier alpha value is -0.160. The van der Waals surface area contributed by atoms with Gasteiger partial charge in [-0.1, -0.05) is 0 Å². The van der Waals surface area contributed by atoms with E-state index in [9.17, 15) is 0 Å². The van der Waals surface area contributed by atoms with Crippen LogP contribution in [0.15, 0.2) is 0 Å². The van der Waals surface area contributed by atoms with E-state index < -0.39 is 0 Å². The highest BCUT2D eigenvalue weighted by Crippen LogP contribution is 2.25. The molecule has 3 atom stereocenters. The summed E-state index contributed by atoms with van der Waals surface area (Å²) in [4.78, 5) is 4.82. The summed E-state index contributed by atoms with van der Waals surface area (Å²) in [6.45, 7) is 5.32. The maximum Gasteiger partial charge on any atom is 0.0857 e. The number of likely N-dealkylation sites (N-methyl/N-ethyl adjacent to an activating group) is 1. The number of likely N-dealkylation sites (tertiary alicyclic amines) is 1. The SMILES string of the molecule is CN1CCCC(C(C2CNCCO2)N(C)C)C1. The number of hydrogen-bond acceptors (Lipinski definition) is 4. The first kappa shape index (κ1) is 13.3. The lowest BCUT2D eigenvalue weighted by atomic mass is 9.86. The summed E-state index contributed by atoms with van der Waals surface area (Å²) in [5.74, 6) is 0.744. The van der Waals surface area contributed by atoms with Crippen LogP contribution < -0.4 is 5.32 Å². The average Bonchev–Trinajstić information content (AvgIpc) is 2.30. The smallest absolute Gasteiger partial charge is 0.0857 e. The van der Waals surface area contributed by atoms with Crippen molar-refractivity contribution in [2.45, 2.75) is 25.0 Å². The summed E-state index contributed by atoms with van der Waals surface area (Å²) in [6, 6.07) is 0.547. The zero-order chi connectivity index (χ0) is 12.3. The Morgan fingerprint density at radius 1 is 1.41 bits per heavy atom. The van der Waals surface area contributed by atoms with Gasteiger partial charge in [0.25, 0.3) is 0 Å². The minimum Gasteiger partial charge on any atom is -0.374 e. The van der Waals surface area contributed by atoms with Gasteiger partial charge in [0.15, 0.2) is 0 Å². The van der Waals surface area contributed by atoms with E-state index in [-0.39, 0.29) is 0 Å². The quantitative estimate of drug-likeness (QED) is 0.766. The Balaban J connectivity index is 1.99. The number of ether oxygens (including phenoxy) is 1. The van der Waals surface area contributed by atoms with Crippen molar-refractivity contribution in [1.29, 1.82) is 0 Å². The largest absolute Gasteiger partial charge is 0.374 e. The molecule has 2 aliphatic heterocycles. The minimum atomic E-state index is 0.357. The van der Waals surface area contributed by atoms with Crippen LogP contribution in [-0.2, 0) is 4.74 Å². The van der Waals surface area contributed by atoms with E-state index in [2.05, 4.69) is 36.3 Å². The third-order valence-electron chi connectivity index (χ3n) is 4.08. The van der Waals surface area contributed by atoms with Gasteiger partial charge in [-0.25, -0.2) is 0 Å². The molecular weight excluding hydrogens is 214 g/mol. The van der Waals surface area contributed by atoms with Crippen LogP contribution >= 0.6 is 0 Å². The van der Waals surface area contributed by atoms with Gasteiger partial charge in [0.05, 0.1) is 12.7 Å². The molecule has 2 aliphatic rings.